The number of aliphatic hydroxyl groups excluding tert-OH is 1. The van der Waals surface area contributed by atoms with E-state index in [4.69, 9.17) is 23.2 Å². The van der Waals surface area contributed by atoms with Crippen molar-refractivity contribution in [2.45, 2.75) is 13.0 Å². The Hall–Kier alpha value is -3.54. The molecule has 0 aliphatic carbocycles. The van der Waals surface area contributed by atoms with Gasteiger partial charge in [0.05, 0.1) is 11.6 Å². The van der Waals surface area contributed by atoms with Crippen molar-refractivity contribution < 1.29 is 14.7 Å². The monoisotopic (exact) mass is 476 g/mol. The number of para-hydroxylation sites is 1. The third-order valence-electron chi connectivity index (χ3n) is 5.86. The summed E-state index contributed by atoms with van der Waals surface area (Å²) in [5, 5.41) is 13.0. The van der Waals surface area contributed by atoms with Crippen LogP contribution in [0.1, 0.15) is 22.9 Å². The number of anilines is 1. The highest BCUT2D eigenvalue weighted by molar-refractivity contribution is 6.52. The van der Waals surface area contributed by atoms with Gasteiger partial charge in [-0.15, -0.1) is 0 Å². The van der Waals surface area contributed by atoms with Gasteiger partial charge in [0, 0.05) is 43.5 Å². The molecule has 5 rings (SSSR count). The molecule has 1 atom stereocenters. The number of hydrogen-bond acceptors (Lipinski definition) is 3. The first-order valence-corrected chi connectivity index (χ1v) is 11.0. The second kappa shape index (κ2) is 8.10. The molecule has 164 valence electrons. The van der Waals surface area contributed by atoms with Crippen LogP contribution in [0.25, 0.3) is 16.7 Å². The molecule has 33 heavy (non-hydrogen) atoms. The molecule has 4 aromatic rings. The van der Waals surface area contributed by atoms with E-state index >= 15 is 0 Å². The first-order chi connectivity index (χ1) is 15.9. The highest BCUT2D eigenvalue weighted by atomic mass is 35.5. The van der Waals surface area contributed by atoms with Crippen LogP contribution < -0.4 is 4.90 Å². The summed E-state index contributed by atoms with van der Waals surface area (Å²) in [4.78, 5) is 31.4. The lowest BCUT2D eigenvalue weighted by Crippen LogP contribution is -2.29. The van der Waals surface area contributed by atoms with E-state index in [9.17, 15) is 14.7 Å². The maximum absolute atomic E-state index is 13.3. The summed E-state index contributed by atoms with van der Waals surface area (Å²) in [6.45, 7) is 1.89. The zero-order valence-electron chi connectivity index (χ0n) is 17.5. The summed E-state index contributed by atoms with van der Waals surface area (Å²) in [5.74, 6) is -1.77. The lowest BCUT2D eigenvalue weighted by atomic mass is 9.93. The number of nitrogens with one attached hydrogen (secondary N) is 1. The van der Waals surface area contributed by atoms with E-state index in [-0.39, 0.29) is 11.3 Å². The minimum atomic E-state index is -0.846. The molecule has 1 amide bonds. The number of rotatable bonds is 3. The van der Waals surface area contributed by atoms with E-state index in [1.165, 1.54) is 4.90 Å². The van der Waals surface area contributed by atoms with E-state index in [0.717, 1.165) is 22.2 Å². The summed E-state index contributed by atoms with van der Waals surface area (Å²) >= 11 is 12.2. The van der Waals surface area contributed by atoms with Crippen LogP contribution in [-0.4, -0.2) is 21.8 Å². The lowest BCUT2D eigenvalue weighted by molar-refractivity contribution is -0.132. The normalized spacial score (nSPS) is 17.8. The third-order valence-corrected chi connectivity index (χ3v) is 6.35. The van der Waals surface area contributed by atoms with Gasteiger partial charge >= 0.3 is 0 Å². The van der Waals surface area contributed by atoms with Gasteiger partial charge in [0.2, 0.25) is 0 Å². The van der Waals surface area contributed by atoms with Gasteiger partial charge in [-0.05, 0) is 49.4 Å². The van der Waals surface area contributed by atoms with Crippen LogP contribution >= 0.6 is 23.2 Å². The predicted octanol–water partition coefficient (Wildman–Crippen LogP) is 6.41. The fourth-order valence-corrected chi connectivity index (χ4v) is 4.73. The molecular weight excluding hydrogens is 459 g/mol. The fraction of sp³-hybridized carbons (Fsp3) is 0.0769. The van der Waals surface area contributed by atoms with E-state index in [1.807, 2.05) is 31.2 Å². The van der Waals surface area contributed by atoms with Gasteiger partial charge in [0.15, 0.2) is 0 Å². The van der Waals surface area contributed by atoms with Crippen LogP contribution in [0.3, 0.4) is 0 Å². The molecule has 1 saturated heterocycles. The molecule has 3 aromatic carbocycles. The second-order valence-electron chi connectivity index (χ2n) is 7.87. The van der Waals surface area contributed by atoms with Crippen LogP contribution in [0.15, 0.2) is 78.4 Å². The van der Waals surface area contributed by atoms with Crippen molar-refractivity contribution in [3.63, 3.8) is 0 Å². The maximum Gasteiger partial charge on any atom is 0.300 e. The molecule has 0 bridgehead atoms. The number of hydrogen-bond donors (Lipinski definition) is 2. The molecule has 0 saturated carbocycles. The number of aliphatic hydroxyl groups is 1. The molecule has 1 fully saturated rings. The quantitative estimate of drug-likeness (QED) is 0.204. The topological polar surface area (TPSA) is 73.4 Å². The molecular formula is C26H18Cl2N2O3. The zero-order valence-corrected chi connectivity index (χ0v) is 19.0. The minimum absolute atomic E-state index is 0.00469. The maximum atomic E-state index is 13.3. The van der Waals surface area contributed by atoms with E-state index in [2.05, 4.69) is 4.98 Å². The molecule has 1 aliphatic heterocycles. The molecule has 1 aromatic heterocycles. The summed E-state index contributed by atoms with van der Waals surface area (Å²) in [6.07, 6.45) is 0. The number of aromatic amines is 1. The van der Waals surface area contributed by atoms with Crippen molar-refractivity contribution in [3.8, 4) is 0 Å². The molecule has 1 unspecified atom stereocenters. The Balaban J connectivity index is 1.82. The number of nitrogens with zero attached hydrogens (tertiary/aromatic N) is 1. The van der Waals surface area contributed by atoms with Crippen LogP contribution in [-0.2, 0) is 9.59 Å². The summed E-state index contributed by atoms with van der Waals surface area (Å²) in [7, 11) is 0. The third kappa shape index (κ3) is 3.50. The SMILES string of the molecule is Cc1[nH]c2ccccc2c1C1/C(=C(\O)c2cccc(Cl)c2)C(=O)C(=O)N1c1ccc(Cl)cc1. The number of halogens is 2. The van der Waals surface area contributed by atoms with Crippen LogP contribution in [0.4, 0.5) is 5.69 Å². The van der Waals surface area contributed by atoms with Gasteiger partial charge in [-0.25, -0.2) is 0 Å². The Labute approximate surface area is 199 Å². The number of carbonyl (C=O) groups is 2. The number of Topliss-reactive ketones (excluding diaryl/α,β-unsaturated/α-hetero) is 1. The van der Waals surface area contributed by atoms with Crippen molar-refractivity contribution in [2.75, 3.05) is 4.90 Å². The number of H-pyrrole nitrogens is 1. The van der Waals surface area contributed by atoms with Gasteiger partial charge in [0.25, 0.3) is 11.7 Å². The number of carbonyl (C=O) groups excluding carboxylic acids is 2. The van der Waals surface area contributed by atoms with Gasteiger partial charge in [-0.3, -0.25) is 14.5 Å². The average Bonchev–Trinajstić information content (AvgIpc) is 3.26. The van der Waals surface area contributed by atoms with Crippen molar-refractivity contribution >= 4 is 57.2 Å². The summed E-state index contributed by atoms with van der Waals surface area (Å²) in [6, 6.07) is 20.1. The first-order valence-electron chi connectivity index (χ1n) is 10.3. The number of aromatic nitrogens is 1. The molecule has 0 spiro atoms. The molecule has 0 radical (unpaired) electrons. The number of amides is 1. The lowest BCUT2D eigenvalue weighted by Gasteiger charge is -2.26. The molecule has 1 aliphatic rings. The van der Waals surface area contributed by atoms with E-state index in [0.29, 0.717) is 21.3 Å². The van der Waals surface area contributed by atoms with Crippen LogP contribution in [0, 0.1) is 6.92 Å². The Morgan fingerprint density at radius 3 is 2.39 bits per heavy atom. The number of benzene rings is 3. The Kier molecular flexibility index (Phi) is 5.23. The van der Waals surface area contributed by atoms with Gasteiger partial charge in [-0.2, -0.15) is 0 Å². The molecule has 2 heterocycles. The first kappa shape index (κ1) is 21.3. The minimum Gasteiger partial charge on any atom is -0.507 e. The number of aryl methyl sites for hydroxylation is 1. The van der Waals surface area contributed by atoms with Crippen LogP contribution in [0.5, 0.6) is 0 Å². The Morgan fingerprint density at radius 2 is 1.67 bits per heavy atom. The number of ketones is 1. The van der Waals surface area contributed by atoms with Gasteiger partial charge in [0.1, 0.15) is 5.76 Å². The Bertz CT molecular complexity index is 1450. The summed E-state index contributed by atoms with van der Waals surface area (Å²) < 4.78 is 0. The standard InChI is InChI=1S/C26H18Cl2N2O3/c1-14-21(19-7-2-3-8-20(19)29-14)23-22(24(31)15-5-4-6-17(28)13-15)25(32)26(33)30(23)18-11-9-16(27)10-12-18/h2-13,23,29,31H,1H3/b24-22+. The Morgan fingerprint density at radius 1 is 0.939 bits per heavy atom. The smallest absolute Gasteiger partial charge is 0.300 e. The van der Waals surface area contributed by atoms with E-state index < -0.39 is 17.7 Å². The zero-order chi connectivity index (χ0) is 23.3. The average molecular weight is 477 g/mol. The highest BCUT2D eigenvalue weighted by Crippen LogP contribution is 2.45. The van der Waals surface area contributed by atoms with Crippen molar-refractivity contribution in [1.29, 1.82) is 0 Å². The van der Waals surface area contributed by atoms with Crippen LogP contribution in [0.2, 0.25) is 10.0 Å². The summed E-state index contributed by atoms with van der Waals surface area (Å²) in [5.41, 5.74) is 3.27. The van der Waals surface area contributed by atoms with Crippen molar-refractivity contribution in [1.82, 2.24) is 4.98 Å². The second-order valence-corrected chi connectivity index (χ2v) is 8.74. The van der Waals surface area contributed by atoms with Crippen molar-refractivity contribution in [2.24, 2.45) is 0 Å². The van der Waals surface area contributed by atoms with Gasteiger partial charge < -0.3 is 10.1 Å². The molecule has 7 heteroatoms. The number of fused-ring (bicyclic) bond motifs is 1. The predicted molar refractivity (Wildman–Crippen MR) is 131 cm³/mol. The molecule has 5 nitrogen and oxygen atoms in total. The fourth-order valence-electron chi connectivity index (χ4n) is 4.42. The van der Waals surface area contributed by atoms with Crippen molar-refractivity contribution in [3.05, 3.63) is 105 Å². The molecule has 2 N–H and O–H groups in total. The highest BCUT2D eigenvalue weighted by Gasteiger charge is 2.48. The van der Waals surface area contributed by atoms with Gasteiger partial charge in [-0.1, -0.05) is 53.5 Å². The largest absolute Gasteiger partial charge is 0.507 e. The van der Waals surface area contributed by atoms with E-state index in [1.54, 1.807) is 48.5 Å².